The van der Waals surface area contributed by atoms with Crippen molar-refractivity contribution in [2.24, 2.45) is 0 Å². The first-order chi connectivity index (χ1) is 13.7. The number of nitrogens with zero attached hydrogens (tertiary/aromatic N) is 2. The number of hydrogen-bond donors (Lipinski definition) is 2. The number of rotatable bonds is 6. The highest BCUT2D eigenvalue weighted by Crippen LogP contribution is 2.31. The number of H-pyrrole nitrogens is 1. The quantitative estimate of drug-likeness (QED) is 0.345. The Balaban J connectivity index is 1.49. The van der Waals surface area contributed by atoms with Gasteiger partial charge < -0.3 is 10.3 Å². The van der Waals surface area contributed by atoms with Crippen LogP contribution in [-0.4, -0.2) is 32.9 Å². The van der Waals surface area contributed by atoms with Crippen LogP contribution < -0.4 is 5.32 Å². The molecule has 2 heterocycles. The topological polar surface area (TPSA) is 70.7 Å². The minimum Gasteiger partial charge on any atom is -0.357 e. The average molecular weight is 407 g/mol. The summed E-state index contributed by atoms with van der Waals surface area (Å²) < 4.78 is 0. The molecule has 0 saturated carbocycles. The molecule has 4 rings (SSSR count). The summed E-state index contributed by atoms with van der Waals surface area (Å²) in [6.45, 7) is 0. The van der Waals surface area contributed by atoms with Crippen molar-refractivity contribution in [3.8, 4) is 11.1 Å². The lowest BCUT2D eigenvalue weighted by Gasteiger charge is -2.06. The first kappa shape index (κ1) is 18.6. The van der Waals surface area contributed by atoms with Crippen LogP contribution in [0.4, 0.5) is 5.69 Å². The van der Waals surface area contributed by atoms with Crippen molar-refractivity contribution in [1.29, 1.82) is 0 Å². The van der Waals surface area contributed by atoms with Gasteiger partial charge in [0.25, 0.3) is 0 Å². The van der Waals surface area contributed by atoms with Crippen LogP contribution >= 0.6 is 23.5 Å². The molecule has 2 aromatic heterocycles. The lowest BCUT2D eigenvalue weighted by Crippen LogP contribution is -2.14. The molecular weight excluding hydrogens is 388 g/mol. The molecule has 2 aromatic carbocycles. The summed E-state index contributed by atoms with van der Waals surface area (Å²) in [6.07, 6.45) is 5.49. The van der Waals surface area contributed by atoms with Crippen molar-refractivity contribution < 1.29 is 4.79 Å². The number of aromatic nitrogens is 3. The molecular formula is C21H18N4OS2. The molecule has 140 valence electrons. The molecule has 0 aliphatic heterocycles. The van der Waals surface area contributed by atoms with E-state index in [-0.39, 0.29) is 11.7 Å². The van der Waals surface area contributed by atoms with Gasteiger partial charge in [0.2, 0.25) is 5.91 Å². The molecule has 7 heteroatoms. The fourth-order valence-corrected chi connectivity index (χ4v) is 4.12. The van der Waals surface area contributed by atoms with Crippen LogP contribution in [0.3, 0.4) is 0 Å². The average Bonchev–Trinajstić information content (AvgIpc) is 3.18. The Morgan fingerprint density at radius 3 is 2.79 bits per heavy atom. The van der Waals surface area contributed by atoms with E-state index in [2.05, 4.69) is 20.3 Å². The van der Waals surface area contributed by atoms with E-state index in [1.54, 1.807) is 18.1 Å². The van der Waals surface area contributed by atoms with Crippen LogP contribution in [0, 0.1) is 0 Å². The Bertz CT molecular complexity index is 1110. The molecule has 0 spiro atoms. The maximum Gasteiger partial charge on any atom is 0.234 e. The minimum absolute atomic E-state index is 0.0649. The van der Waals surface area contributed by atoms with Gasteiger partial charge in [-0.2, -0.15) is 0 Å². The van der Waals surface area contributed by atoms with E-state index in [1.165, 1.54) is 11.8 Å². The molecule has 0 bridgehead atoms. The number of carbonyl (C=O) groups excluding carboxylic acids is 1. The number of nitrogens with one attached hydrogen (secondary N) is 2. The van der Waals surface area contributed by atoms with Gasteiger partial charge in [0, 0.05) is 22.3 Å². The predicted octanol–water partition coefficient (Wildman–Crippen LogP) is 5.08. The number of hydrogen-bond acceptors (Lipinski definition) is 5. The van der Waals surface area contributed by atoms with Crippen LogP contribution in [0.5, 0.6) is 0 Å². The number of amides is 1. The Morgan fingerprint density at radius 2 is 1.96 bits per heavy atom. The number of aromatic amines is 1. The van der Waals surface area contributed by atoms with Gasteiger partial charge in [-0.1, -0.05) is 48.2 Å². The molecule has 0 radical (unpaired) electrons. The summed E-state index contributed by atoms with van der Waals surface area (Å²) in [7, 11) is 0. The molecule has 1 amide bonds. The molecule has 0 aliphatic rings. The maximum absolute atomic E-state index is 12.4. The van der Waals surface area contributed by atoms with Crippen LogP contribution in [0.25, 0.3) is 22.2 Å². The number of fused-ring (bicyclic) bond motifs is 1. The molecule has 4 aromatic rings. The van der Waals surface area contributed by atoms with E-state index in [9.17, 15) is 4.79 Å². The lowest BCUT2D eigenvalue weighted by atomic mass is 10.1. The number of thioether (sulfide) groups is 2. The van der Waals surface area contributed by atoms with Gasteiger partial charge >= 0.3 is 0 Å². The zero-order valence-electron chi connectivity index (χ0n) is 15.2. The van der Waals surface area contributed by atoms with Crippen LogP contribution in [-0.2, 0) is 4.79 Å². The number of carbonyl (C=O) groups is 1. The first-order valence-corrected chi connectivity index (χ1v) is 10.9. The minimum atomic E-state index is -0.0649. The predicted molar refractivity (Wildman–Crippen MR) is 117 cm³/mol. The van der Waals surface area contributed by atoms with Crippen molar-refractivity contribution in [2.75, 3.05) is 17.3 Å². The molecule has 0 fully saturated rings. The van der Waals surface area contributed by atoms with E-state index in [0.717, 1.165) is 37.8 Å². The van der Waals surface area contributed by atoms with Gasteiger partial charge in [-0.3, -0.25) is 4.79 Å². The third-order valence-electron chi connectivity index (χ3n) is 4.21. The Morgan fingerprint density at radius 1 is 1.11 bits per heavy atom. The highest BCUT2D eigenvalue weighted by atomic mass is 32.2. The molecule has 0 unspecified atom stereocenters. The Kier molecular flexibility index (Phi) is 5.64. The Labute approximate surface area is 171 Å². The normalized spacial score (nSPS) is 10.9. The van der Waals surface area contributed by atoms with E-state index in [4.69, 9.17) is 0 Å². The summed E-state index contributed by atoms with van der Waals surface area (Å²) in [6, 6.07) is 17.9. The van der Waals surface area contributed by atoms with Gasteiger partial charge in [0.05, 0.1) is 11.3 Å². The van der Waals surface area contributed by atoms with Gasteiger partial charge in [-0.15, -0.1) is 11.8 Å². The van der Waals surface area contributed by atoms with Crippen molar-refractivity contribution in [1.82, 2.24) is 15.0 Å². The Hall–Kier alpha value is -2.77. The van der Waals surface area contributed by atoms with Crippen molar-refractivity contribution in [2.45, 2.75) is 9.92 Å². The van der Waals surface area contributed by atoms with E-state index < -0.39 is 0 Å². The highest BCUT2D eigenvalue weighted by molar-refractivity contribution is 8.00. The molecule has 2 N–H and O–H groups in total. The maximum atomic E-state index is 12.4. The largest absolute Gasteiger partial charge is 0.357 e. The fraction of sp³-hybridized carbons (Fsp3) is 0.0952. The smallest absolute Gasteiger partial charge is 0.234 e. The van der Waals surface area contributed by atoms with Crippen LogP contribution in [0.1, 0.15) is 0 Å². The van der Waals surface area contributed by atoms with Gasteiger partial charge in [-0.25, -0.2) is 9.97 Å². The summed E-state index contributed by atoms with van der Waals surface area (Å²) in [5, 5.41) is 3.70. The first-order valence-electron chi connectivity index (χ1n) is 8.69. The third-order valence-corrected chi connectivity index (χ3v) is 5.92. The van der Waals surface area contributed by atoms with Crippen molar-refractivity contribution >= 4 is 46.2 Å². The van der Waals surface area contributed by atoms with E-state index >= 15 is 0 Å². The zero-order chi connectivity index (χ0) is 19.3. The van der Waals surface area contributed by atoms with E-state index in [0.29, 0.717) is 0 Å². The van der Waals surface area contributed by atoms with Gasteiger partial charge in [0.15, 0.2) is 0 Å². The zero-order valence-corrected chi connectivity index (χ0v) is 16.8. The molecule has 28 heavy (non-hydrogen) atoms. The second-order valence-corrected chi connectivity index (χ2v) is 7.88. The monoisotopic (exact) mass is 406 g/mol. The second kappa shape index (κ2) is 8.50. The molecule has 5 nitrogen and oxygen atoms in total. The fourth-order valence-electron chi connectivity index (χ4n) is 2.90. The van der Waals surface area contributed by atoms with Crippen molar-refractivity contribution in [3.05, 3.63) is 67.1 Å². The van der Waals surface area contributed by atoms with Gasteiger partial charge in [0.1, 0.15) is 16.9 Å². The summed E-state index contributed by atoms with van der Waals surface area (Å²) >= 11 is 3.04. The second-order valence-electron chi connectivity index (χ2n) is 6.04. The van der Waals surface area contributed by atoms with E-state index in [1.807, 2.05) is 67.0 Å². The SMILES string of the molecule is CSc1cccc(NC(=O)CSc2ncnc3c(-c4ccccc4)c[nH]c23)c1. The highest BCUT2D eigenvalue weighted by Gasteiger charge is 2.13. The van der Waals surface area contributed by atoms with Crippen molar-refractivity contribution in [3.63, 3.8) is 0 Å². The number of anilines is 1. The molecule has 0 saturated heterocycles. The van der Waals surface area contributed by atoms with Crippen LogP contribution in [0.15, 0.2) is 77.0 Å². The molecule has 0 aliphatic carbocycles. The summed E-state index contributed by atoms with van der Waals surface area (Å²) in [5.41, 5.74) is 4.63. The third kappa shape index (κ3) is 4.05. The standard InChI is InChI=1S/C21H18N4OS2/c1-27-16-9-5-8-15(10-16)25-18(26)12-28-21-20-19(23-13-24-21)17(11-22-20)14-6-3-2-4-7-14/h2-11,13,22H,12H2,1H3,(H,25,26). The molecule has 0 atom stereocenters. The summed E-state index contributed by atoms with van der Waals surface area (Å²) in [4.78, 5) is 25.5. The number of benzene rings is 2. The van der Waals surface area contributed by atoms with Crippen LogP contribution in [0.2, 0.25) is 0 Å². The summed E-state index contributed by atoms with van der Waals surface area (Å²) in [5.74, 6) is 0.208. The lowest BCUT2D eigenvalue weighted by molar-refractivity contribution is -0.113. The van der Waals surface area contributed by atoms with Gasteiger partial charge in [-0.05, 0) is 30.0 Å².